The fourth-order valence-corrected chi connectivity index (χ4v) is 3.98. The normalized spacial score (nSPS) is 20.9. The number of anilines is 1. The van der Waals surface area contributed by atoms with E-state index in [1.54, 1.807) is 12.1 Å². The first-order chi connectivity index (χ1) is 13.4. The molecule has 0 radical (unpaired) electrons. The summed E-state index contributed by atoms with van der Waals surface area (Å²) in [5, 5.41) is 37.0. The van der Waals surface area contributed by atoms with E-state index in [4.69, 9.17) is 11.6 Å². The monoisotopic (exact) mass is 421 g/mol. The zero-order valence-electron chi connectivity index (χ0n) is 17.3. The van der Waals surface area contributed by atoms with Gasteiger partial charge in [-0.2, -0.15) is 0 Å². The number of benzene rings is 1. The molecule has 8 heteroatoms. The molecule has 0 bridgehead atoms. The number of nitrogens with zero attached hydrogens (tertiary/aromatic N) is 2. The highest BCUT2D eigenvalue weighted by atomic mass is 35.5. The zero-order valence-corrected chi connectivity index (χ0v) is 18.0. The number of aliphatic carboxylic acids is 1. The zero-order chi connectivity index (χ0) is 21.7. The molecule has 2 unspecified atom stereocenters. The number of hydrogen-bond donors (Lipinski definition) is 4. The van der Waals surface area contributed by atoms with Gasteiger partial charge in [-0.15, -0.1) is 0 Å². The van der Waals surface area contributed by atoms with Crippen LogP contribution in [0.15, 0.2) is 18.2 Å². The summed E-state index contributed by atoms with van der Waals surface area (Å²) in [6, 6.07) is 4.20. The summed E-state index contributed by atoms with van der Waals surface area (Å²) in [5.41, 5.74) is 0.343. The molecule has 0 amide bonds. The van der Waals surface area contributed by atoms with E-state index in [1.807, 2.05) is 40.7 Å². The molecule has 2 aromatic rings. The lowest BCUT2D eigenvalue weighted by Gasteiger charge is -2.31. The molecule has 1 aliphatic heterocycles. The van der Waals surface area contributed by atoms with Crippen LogP contribution in [-0.2, 0) is 4.79 Å². The third-order valence-electron chi connectivity index (χ3n) is 4.94. The van der Waals surface area contributed by atoms with Gasteiger partial charge in [-0.1, -0.05) is 25.4 Å². The molecule has 0 fully saturated rings. The fourth-order valence-electron chi connectivity index (χ4n) is 3.80. The van der Waals surface area contributed by atoms with Crippen molar-refractivity contribution in [3.05, 3.63) is 34.5 Å². The first kappa shape index (κ1) is 21.8. The van der Waals surface area contributed by atoms with Crippen LogP contribution in [0.3, 0.4) is 0 Å². The van der Waals surface area contributed by atoms with Crippen LogP contribution in [0.5, 0.6) is 0 Å². The van der Waals surface area contributed by atoms with Crippen LogP contribution < -0.4 is 5.32 Å². The minimum Gasteiger partial charge on any atom is -0.480 e. The van der Waals surface area contributed by atoms with Crippen molar-refractivity contribution in [2.45, 2.75) is 65.1 Å². The summed E-state index contributed by atoms with van der Waals surface area (Å²) < 4.78 is 0. The molecule has 2 heterocycles. The molecule has 0 aliphatic carbocycles. The lowest BCUT2D eigenvalue weighted by molar-refractivity contribution is -0.163. The summed E-state index contributed by atoms with van der Waals surface area (Å²) in [6.07, 6.45) is -2.37. The van der Waals surface area contributed by atoms with Crippen molar-refractivity contribution in [2.24, 2.45) is 5.92 Å². The smallest absolute Gasteiger partial charge is 0.321 e. The summed E-state index contributed by atoms with van der Waals surface area (Å²) in [6.45, 7) is 9.77. The van der Waals surface area contributed by atoms with Crippen LogP contribution in [0.2, 0.25) is 5.02 Å². The van der Waals surface area contributed by atoms with Gasteiger partial charge in [0.05, 0.1) is 5.69 Å². The van der Waals surface area contributed by atoms with Gasteiger partial charge in [-0.05, 0) is 56.7 Å². The van der Waals surface area contributed by atoms with Gasteiger partial charge >= 0.3 is 5.97 Å². The molecule has 0 saturated carbocycles. The van der Waals surface area contributed by atoms with Crippen LogP contribution in [0.1, 0.15) is 64.8 Å². The van der Waals surface area contributed by atoms with Gasteiger partial charge in [0, 0.05) is 21.5 Å². The number of aromatic nitrogens is 1. The average molecular weight is 422 g/mol. The van der Waals surface area contributed by atoms with E-state index in [0.717, 1.165) is 5.39 Å². The Bertz CT molecular complexity index is 942. The number of rotatable bonds is 5. The summed E-state index contributed by atoms with van der Waals surface area (Å²) in [5.74, 6) is -0.483. The minimum absolute atomic E-state index is 0.0662. The van der Waals surface area contributed by atoms with Gasteiger partial charge in [-0.25, -0.2) is 9.88 Å². The van der Waals surface area contributed by atoms with Crippen LogP contribution in [0, 0.1) is 5.92 Å². The van der Waals surface area contributed by atoms with Gasteiger partial charge in [0.25, 0.3) is 0 Å². The number of fused-ring (bicyclic) bond motifs is 3. The highest BCUT2D eigenvalue weighted by Crippen LogP contribution is 2.46. The second-order valence-corrected chi connectivity index (χ2v) is 9.44. The highest BCUT2D eigenvalue weighted by molar-refractivity contribution is 6.31. The predicted molar refractivity (Wildman–Crippen MR) is 113 cm³/mol. The second kappa shape index (κ2) is 7.72. The first-order valence-corrected chi connectivity index (χ1v) is 10.1. The second-order valence-electron chi connectivity index (χ2n) is 9.00. The maximum Gasteiger partial charge on any atom is 0.321 e. The quantitative estimate of drug-likeness (QED) is 0.580. The standard InChI is InChI=1S/C21H28ClN3O4/c1-10(2)8-14(20(28)29)25-18(26)15-13-9-11(22)6-7-12(13)17(24-21(3,4)5)23-16(15)19(25)27/h6-7,9-10,14,18-19,26-27H,8H2,1-5H3,(H,23,24)(H,28,29)/t14-,18?,19?/m0/s1. The summed E-state index contributed by atoms with van der Waals surface area (Å²) in [4.78, 5) is 17.7. The Morgan fingerprint density at radius 2 is 1.90 bits per heavy atom. The number of aliphatic hydroxyl groups excluding tert-OH is 2. The number of nitrogens with one attached hydrogen (secondary N) is 1. The number of carbonyl (C=O) groups is 1. The lowest BCUT2D eigenvalue weighted by atomic mass is 10.0. The van der Waals surface area contributed by atoms with E-state index < -0.39 is 24.5 Å². The Hall–Kier alpha value is -1.93. The number of pyridine rings is 1. The van der Waals surface area contributed by atoms with Crippen LogP contribution >= 0.6 is 11.6 Å². The molecule has 1 aromatic heterocycles. The molecule has 3 rings (SSSR count). The van der Waals surface area contributed by atoms with Crippen LogP contribution in [0.4, 0.5) is 5.82 Å². The average Bonchev–Trinajstić information content (AvgIpc) is 2.82. The van der Waals surface area contributed by atoms with Gasteiger partial charge in [-0.3, -0.25) is 4.79 Å². The van der Waals surface area contributed by atoms with Crippen molar-refractivity contribution >= 4 is 34.2 Å². The Kier molecular flexibility index (Phi) is 5.80. The van der Waals surface area contributed by atoms with Crippen molar-refractivity contribution in [2.75, 3.05) is 5.32 Å². The molecule has 4 N–H and O–H groups in total. The SMILES string of the molecule is CC(C)C[C@@H](C(=O)O)N1C(O)c2nc(NC(C)(C)C)c3ccc(Cl)cc3c2C1O. The number of aliphatic hydroxyl groups is 2. The Morgan fingerprint density at radius 1 is 1.24 bits per heavy atom. The predicted octanol–water partition coefficient (Wildman–Crippen LogP) is 3.90. The minimum atomic E-state index is -1.34. The fraction of sp³-hybridized carbons (Fsp3) is 0.524. The van der Waals surface area contributed by atoms with Gasteiger partial charge in [0.15, 0.2) is 6.23 Å². The van der Waals surface area contributed by atoms with Crippen molar-refractivity contribution in [3.8, 4) is 0 Å². The number of hydrogen-bond acceptors (Lipinski definition) is 6. The van der Waals surface area contributed by atoms with E-state index in [2.05, 4.69) is 10.3 Å². The Labute approximate surface area is 175 Å². The molecule has 29 heavy (non-hydrogen) atoms. The number of carboxylic acids is 1. The largest absolute Gasteiger partial charge is 0.480 e. The molecule has 0 saturated heterocycles. The molecular formula is C21H28ClN3O4. The van der Waals surface area contributed by atoms with Crippen molar-refractivity contribution in [1.82, 2.24) is 9.88 Å². The number of halogens is 1. The van der Waals surface area contributed by atoms with E-state index in [1.165, 1.54) is 4.90 Å². The van der Waals surface area contributed by atoms with E-state index in [9.17, 15) is 20.1 Å². The summed E-state index contributed by atoms with van der Waals surface area (Å²) >= 11 is 6.22. The van der Waals surface area contributed by atoms with Crippen molar-refractivity contribution in [3.63, 3.8) is 0 Å². The van der Waals surface area contributed by atoms with E-state index in [-0.39, 0.29) is 23.6 Å². The Balaban J connectivity index is 2.20. The maximum absolute atomic E-state index is 11.9. The van der Waals surface area contributed by atoms with E-state index in [0.29, 0.717) is 21.8 Å². The topological polar surface area (TPSA) is 106 Å². The highest BCUT2D eigenvalue weighted by Gasteiger charge is 2.46. The summed E-state index contributed by atoms with van der Waals surface area (Å²) in [7, 11) is 0. The van der Waals surface area contributed by atoms with Crippen LogP contribution in [-0.4, -0.2) is 42.8 Å². The first-order valence-electron chi connectivity index (χ1n) is 9.68. The van der Waals surface area contributed by atoms with Gasteiger partial charge in [0.1, 0.15) is 18.1 Å². The van der Waals surface area contributed by atoms with Crippen molar-refractivity contribution < 1.29 is 20.1 Å². The molecule has 1 aromatic carbocycles. The van der Waals surface area contributed by atoms with Crippen molar-refractivity contribution in [1.29, 1.82) is 0 Å². The van der Waals surface area contributed by atoms with Gasteiger partial charge in [0.2, 0.25) is 0 Å². The molecule has 7 nitrogen and oxygen atoms in total. The third kappa shape index (κ3) is 4.19. The molecule has 158 valence electrons. The third-order valence-corrected chi connectivity index (χ3v) is 5.17. The molecule has 0 spiro atoms. The van der Waals surface area contributed by atoms with Gasteiger partial charge < -0.3 is 20.6 Å². The maximum atomic E-state index is 11.9. The molecular weight excluding hydrogens is 394 g/mol. The Morgan fingerprint density at radius 3 is 2.45 bits per heavy atom. The molecule has 3 atom stereocenters. The van der Waals surface area contributed by atoms with Crippen LogP contribution in [0.25, 0.3) is 10.8 Å². The molecule has 1 aliphatic rings. The number of carboxylic acid groups (broad SMARTS) is 1. The lowest BCUT2D eigenvalue weighted by Crippen LogP contribution is -2.43. The van der Waals surface area contributed by atoms with E-state index >= 15 is 0 Å².